The van der Waals surface area contributed by atoms with E-state index in [9.17, 15) is 4.79 Å². The molecule has 0 spiro atoms. The number of hydrogen-bond acceptors (Lipinski definition) is 7. The Morgan fingerprint density at radius 2 is 1.73 bits per heavy atom. The summed E-state index contributed by atoms with van der Waals surface area (Å²) in [6, 6.07) is 16.5. The maximum atomic E-state index is 13.1. The molecule has 3 heterocycles. The van der Waals surface area contributed by atoms with Crippen LogP contribution in [-0.2, 0) is 0 Å². The highest BCUT2D eigenvalue weighted by molar-refractivity contribution is 6.04. The fraction of sp³-hybridized carbons (Fsp3) is 0.0833. The number of fused-ring (bicyclic) bond motifs is 1. The van der Waals surface area contributed by atoms with Gasteiger partial charge >= 0.3 is 0 Å². The standard InChI is InChI=1S/C24H17N7O2/c1-15-28-29-23(33-15)18-7-5-17(6-8-18)21-12-27-22-13-26-20(14-31(21)22)24(32)30(2)19-9-3-16(11-25)4-10-19/h3-10,12-14H,1-2H3. The number of aryl methyl sites for hydroxylation is 1. The van der Waals surface area contributed by atoms with E-state index in [0.29, 0.717) is 28.7 Å². The van der Waals surface area contributed by atoms with Crippen molar-refractivity contribution < 1.29 is 9.21 Å². The molecule has 33 heavy (non-hydrogen) atoms. The Bertz CT molecular complexity index is 1510. The molecule has 0 aliphatic heterocycles. The first-order valence-corrected chi connectivity index (χ1v) is 10.1. The van der Waals surface area contributed by atoms with E-state index >= 15 is 0 Å². The lowest BCUT2D eigenvalue weighted by Crippen LogP contribution is -2.27. The molecule has 5 rings (SSSR count). The van der Waals surface area contributed by atoms with Crippen LogP contribution in [0.1, 0.15) is 21.9 Å². The number of benzene rings is 2. The van der Waals surface area contributed by atoms with Crippen LogP contribution in [0.5, 0.6) is 0 Å². The number of anilines is 1. The minimum absolute atomic E-state index is 0.270. The first-order chi connectivity index (χ1) is 16.0. The average molecular weight is 435 g/mol. The molecule has 0 N–H and O–H groups in total. The van der Waals surface area contributed by atoms with Gasteiger partial charge in [-0.25, -0.2) is 9.97 Å². The van der Waals surface area contributed by atoms with Crippen molar-refractivity contribution in [3.8, 4) is 28.8 Å². The predicted octanol–water partition coefficient (Wildman–Crippen LogP) is 3.90. The summed E-state index contributed by atoms with van der Waals surface area (Å²) in [6.45, 7) is 1.75. The molecule has 9 nitrogen and oxygen atoms in total. The summed E-state index contributed by atoms with van der Waals surface area (Å²) < 4.78 is 7.31. The Kier molecular flexibility index (Phi) is 4.88. The third-order valence-corrected chi connectivity index (χ3v) is 5.26. The van der Waals surface area contributed by atoms with Crippen LogP contribution in [0.25, 0.3) is 28.4 Å². The lowest BCUT2D eigenvalue weighted by Gasteiger charge is -2.17. The molecular formula is C24H17N7O2. The van der Waals surface area contributed by atoms with Gasteiger partial charge in [0.2, 0.25) is 11.8 Å². The second-order valence-corrected chi connectivity index (χ2v) is 7.37. The summed E-state index contributed by atoms with van der Waals surface area (Å²) in [6.07, 6.45) is 4.98. The Morgan fingerprint density at radius 1 is 1.00 bits per heavy atom. The van der Waals surface area contributed by atoms with E-state index in [1.807, 2.05) is 28.7 Å². The third-order valence-electron chi connectivity index (χ3n) is 5.26. The lowest BCUT2D eigenvalue weighted by atomic mass is 10.1. The van der Waals surface area contributed by atoms with Crippen molar-refractivity contribution in [2.75, 3.05) is 11.9 Å². The molecule has 0 saturated heterocycles. The summed E-state index contributed by atoms with van der Waals surface area (Å²) in [5, 5.41) is 16.9. The summed E-state index contributed by atoms with van der Waals surface area (Å²) in [5.41, 5.74) is 4.63. The van der Waals surface area contributed by atoms with E-state index in [1.54, 1.807) is 56.8 Å². The molecule has 1 amide bonds. The van der Waals surface area contributed by atoms with Gasteiger partial charge in [-0.15, -0.1) is 10.2 Å². The highest BCUT2D eigenvalue weighted by Gasteiger charge is 2.17. The van der Waals surface area contributed by atoms with Crippen LogP contribution in [-0.4, -0.2) is 37.5 Å². The number of aromatic nitrogens is 5. The number of carbonyl (C=O) groups is 1. The van der Waals surface area contributed by atoms with Crippen LogP contribution in [0.4, 0.5) is 5.69 Å². The molecule has 160 valence electrons. The highest BCUT2D eigenvalue weighted by Crippen LogP contribution is 2.25. The van der Waals surface area contributed by atoms with Crippen LogP contribution < -0.4 is 4.90 Å². The SMILES string of the molecule is Cc1nnc(-c2ccc(-c3cnc4cnc(C(=O)N(C)c5ccc(C#N)cc5)cn34)cc2)o1. The van der Waals surface area contributed by atoms with E-state index in [0.717, 1.165) is 16.8 Å². The maximum Gasteiger partial charge on any atom is 0.278 e. The van der Waals surface area contributed by atoms with Crippen LogP contribution in [0.2, 0.25) is 0 Å². The van der Waals surface area contributed by atoms with Crippen LogP contribution in [0.3, 0.4) is 0 Å². The molecule has 0 radical (unpaired) electrons. The topological polar surface area (TPSA) is 113 Å². The van der Waals surface area contributed by atoms with Gasteiger partial charge in [0.1, 0.15) is 5.69 Å². The van der Waals surface area contributed by atoms with Gasteiger partial charge in [-0.2, -0.15) is 5.26 Å². The number of imidazole rings is 1. The summed E-state index contributed by atoms with van der Waals surface area (Å²) in [7, 11) is 1.67. The minimum atomic E-state index is -0.275. The Labute approximate surface area is 188 Å². The number of nitriles is 1. The normalized spacial score (nSPS) is 10.8. The first kappa shape index (κ1) is 20.1. The van der Waals surface area contributed by atoms with Gasteiger partial charge in [0.25, 0.3) is 5.91 Å². The van der Waals surface area contributed by atoms with E-state index in [4.69, 9.17) is 9.68 Å². The van der Waals surface area contributed by atoms with E-state index in [1.165, 1.54) is 4.90 Å². The molecule has 9 heteroatoms. The Balaban J connectivity index is 1.46. The van der Waals surface area contributed by atoms with Crippen molar-refractivity contribution in [2.45, 2.75) is 6.92 Å². The second-order valence-electron chi connectivity index (χ2n) is 7.37. The van der Waals surface area contributed by atoms with Crippen molar-refractivity contribution in [3.05, 3.63) is 84.3 Å². The number of hydrogen-bond donors (Lipinski definition) is 0. The van der Waals surface area contributed by atoms with Gasteiger partial charge in [0, 0.05) is 37.0 Å². The zero-order valence-corrected chi connectivity index (χ0v) is 17.8. The number of carbonyl (C=O) groups excluding carboxylic acids is 1. The average Bonchev–Trinajstić information content (AvgIpc) is 3.49. The Hall–Kier alpha value is -4.84. The molecule has 0 saturated carbocycles. The molecule has 3 aromatic heterocycles. The maximum absolute atomic E-state index is 13.1. The van der Waals surface area contributed by atoms with E-state index < -0.39 is 0 Å². The van der Waals surface area contributed by atoms with Gasteiger partial charge in [0.15, 0.2) is 5.65 Å². The largest absolute Gasteiger partial charge is 0.421 e. The molecule has 0 aliphatic rings. The van der Waals surface area contributed by atoms with Gasteiger partial charge in [0.05, 0.1) is 29.7 Å². The summed E-state index contributed by atoms with van der Waals surface area (Å²) >= 11 is 0. The van der Waals surface area contributed by atoms with E-state index in [-0.39, 0.29) is 11.6 Å². The van der Waals surface area contributed by atoms with Gasteiger partial charge < -0.3 is 9.32 Å². The molecule has 0 aliphatic carbocycles. The summed E-state index contributed by atoms with van der Waals surface area (Å²) in [5.74, 6) is 0.690. The van der Waals surface area contributed by atoms with Crippen molar-refractivity contribution in [2.24, 2.45) is 0 Å². The van der Waals surface area contributed by atoms with Crippen LogP contribution >= 0.6 is 0 Å². The molecular weight excluding hydrogens is 418 g/mol. The molecule has 5 aromatic rings. The quantitative estimate of drug-likeness (QED) is 0.421. The van der Waals surface area contributed by atoms with Gasteiger partial charge in [-0.05, 0) is 36.4 Å². The fourth-order valence-corrected chi connectivity index (χ4v) is 3.46. The van der Waals surface area contributed by atoms with Crippen LogP contribution in [0.15, 0.2) is 71.5 Å². The number of rotatable bonds is 4. The lowest BCUT2D eigenvalue weighted by molar-refractivity contribution is 0.0988. The van der Waals surface area contributed by atoms with E-state index in [2.05, 4.69) is 26.2 Å². The molecule has 0 unspecified atom stereocenters. The van der Waals surface area contributed by atoms with Crippen molar-refractivity contribution in [3.63, 3.8) is 0 Å². The molecule has 2 aromatic carbocycles. The number of nitrogens with zero attached hydrogens (tertiary/aromatic N) is 7. The molecule has 0 fully saturated rings. The van der Waals surface area contributed by atoms with Gasteiger partial charge in [-0.1, -0.05) is 12.1 Å². The van der Waals surface area contributed by atoms with Crippen molar-refractivity contribution >= 4 is 17.2 Å². The smallest absolute Gasteiger partial charge is 0.278 e. The zero-order valence-electron chi connectivity index (χ0n) is 17.8. The van der Waals surface area contributed by atoms with Crippen molar-refractivity contribution in [1.29, 1.82) is 5.26 Å². The third kappa shape index (κ3) is 3.70. The highest BCUT2D eigenvalue weighted by atomic mass is 16.4. The van der Waals surface area contributed by atoms with Crippen molar-refractivity contribution in [1.82, 2.24) is 24.6 Å². The molecule has 0 bridgehead atoms. The number of amides is 1. The Morgan fingerprint density at radius 3 is 2.39 bits per heavy atom. The predicted molar refractivity (Wildman–Crippen MR) is 120 cm³/mol. The van der Waals surface area contributed by atoms with Gasteiger partial charge in [-0.3, -0.25) is 9.20 Å². The minimum Gasteiger partial charge on any atom is -0.421 e. The first-order valence-electron chi connectivity index (χ1n) is 10.1. The van der Waals surface area contributed by atoms with Crippen LogP contribution in [0, 0.1) is 18.3 Å². The second kappa shape index (κ2) is 8.01. The fourth-order valence-electron chi connectivity index (χ4n) is 3.46. The molecule has 0 atom stereocenters. The monoisotopic (exact) mass is 435 g/mol. The zero-order chi connectivity index (χ0) is 22.9. The summed E-state index contributed by atoms with van der Waals surface area (Å²) in [4.78, 5) is 23.3.